The molecule has 0 aromatic rings. The standard InChI is InChI=1S/C19H35NO2.C9H16O4/c1-3-20(4-2)15-16-22-18(21)19(13-9-6-10-14-19)17-11-7-5-8-12-17;10-8(11)6-4-2-1-3-5-7-9(12)13/h17H,3-16H2,1-2H3;1-7H2,(H,10,11)(H,12,13). The highest BCUT2D eigenvalue weighted by Crippen LogP contribution is 2.49. The second kappa shape index (κ2) is 18.6. The molecular formula is C28H51NO6. The summed E-state index contributed by atoms with van der Waals surface area (Å²) in [6, 6.07) is 0. The van der Waals surface area contributed by atoms with E-state index >= 15 is 0 Å². The van der Waals surface area contributed by atoms with Gasteiger partial charge in [-0.1, -0.05) is 71.6 Å². The van der Waals surface area contributed by atoms with Gasteiger partial charge >= 0.3 is 17.9 Å². The molecule has 0 saturated heterocycles. The zero-order chi connectivity index (χ0) is 25.9. The van der Waals surface area contributed by atoms with Gasteiger partial charge in [-0.05, 0) is 57.5 Å². The van der Waals surface area contributed by atoms with Crippen molar-refractivity contribution in [1.29, 1.82) is 0 Å². The lowest BCUT2D eigenvalue weighted by Gasteiger charge is -2.43. The van der Waals surface area contributed by atoms with Gasteiger partial charge in [-0.3, -0.25) is 14.4 Å². The summed E-state index contributed by atoms with van der Waals surface area (Å²) >= 11 is 0. The second-order valence-corrected chi connectivity index (χ2v) is 10.3. The van der Waals surface area contributed by atoms with Crippen LogP contribution in [-0.2, 0) is 19.1 Å². The Balaban J connectivity index is 0.000000405. The Morgan fingerprint density at radius 3 is 1.74 bits per heavy atom. The summed E-state index contributed by atoms with van der Waals surface area (Å²) in [4.78, 5) is 35.5. The normalized spacial score (nSPS) is 17.9. The van der Waals surface area contributed by atoms with Crippen molar-refractivity contribution in [2.45, 2.75) is 123 Å². The molecule has 0 atom stereocenters. The first-order valence-electron chi connectivity index (χ1n) is 14.2. The minimum atomic E-state index is -0.759. The van der Waals surface area contributed by atoms with Crippen LogP contribution in [0.4, 0.5) is 0 Å². The molecule has 2 fully saturated rings. The zero-order valence-corrected chi connectivity index (χ0v) is 22.4. The second-order valence-electron chi connectivity index (χ2n) is 10.3. The number of carboxylic acid groups (broad SMARTS) is 2. The number of rotatable bonds is 15. The van der Waals surface area contributed by atoms with Crippen molar-refractivity contribution in [2.24, 2.45) is 11.3 Å². The molecule has 0 bridgehead atoms. The summed E-state index contributed by atoms with van der Waals surface area (Å²) in [5.41, 5.74) is -0.137. The van der Waals surface area contributed by atoms with Crippen LogP contribution in [0, 0.1) is 11.3 Å². The monoisotopic (exact) mass is 497 g/mol. The number of nitrogens with zero attached hydrogens (tertiary/aromatic N) is 1. The fourth-order valence-corrected chi connectivity index (χ4v) is 5.65. The van der Waals surface area contributed by atoms with E-state index in [-0.39, 0.29) is 24.2 Å². The lowest BCUT2D eigenvalue weighted by atomic mass is 9.62. The molecule has 35 heavy (non-hydrogen) atoms. The van der Waals surface area contributed by atoms with Gasteiger partial charge in [0.1, 0.15) is 6.61 Å². The molecule has 7 heteroatoms. The molecule has 0 aromatic heterocycles. The van der Waals surface area contributed by atoms with E-state index < -0.39 is 11.9 Å². The van der Waals surface area contributed by atoms with Crippen LogP contribution >= 0.6 is 0 Å². The van der Waals surface area contributed by atoms with Crippen molar-refractivity contribution < 1.29 is 29.3 Å². The van der Waals surface area contributed by atoms with Gasteiger partial charge in [-0.25, -0.2) is 0 Å². The highest BCUT2D eigenvalue weighted by Gasteiger charge is 2.47. The van der Waals surface area contributed by atoms with E-state index in [1.165, 1.54) is 51.4 Å². The van der Waals surface area contributed by atoms with Crippen molar-refractivity contribution in [2.75, 3.05) is 26.2 Å². The molecule has 0 radical (unpaired) electrons. The number of esters is 1. The lowest BCUT2D eigenvalue weighted by molar-refractivity contribution is -0.164. The van der Waals surface area contributed by atoms with Crippen LogP contribution in [0.1, 0.15) is 123 Å². The van der Waals surface area contributed by atoms with E-state index in [0.717, 1.165) is 51.7 Å². The molecule has 0 aromatic carbocycles. The molecule has 0 spiro atoms. The Bertz CT molecular complexity index is 574. The number of carbonyl (C=O) groups is 3. The van der Waals surface area contributed by atoms with Gasteiger partial charge in [-0.2, -0.15) is 0 Å². The molecule has 0 amide bonds. The molecular weight excluding hydrogens is 446 g/mol. The van der Waals surface area contributed by atoms with E-state index in [2.05, 4.69) is 18.7 Å². The van der Waals surface area contributed by atoms with Crippen molar-refractivity contribution in [1.82, 2.24) is 4.90 Å². The SMILES string of the molecule is CCN(CC)CCOC(=O)C1(C2CCCCC2)CCCCC1.O=C(O)CCCCCCCC(=O)O. The Morgan fingerprint density at radius 1 is 0.771 bits per heavy atom. The quantitative estimate of drug-likeness (QED) is 0.202. The number of hydrogen-bond acceptors (Lipinski definition) is 5. The number of carbonyl (C=O) groups excluding carboxylic acids is 1. The number of likely N-dealkylation sites (N-methyl/N-ethyl adjacent to an activating group) is 1. The minimum absolute atomic E-state index is 0.131. The number of aliphatic carboxylic acids is 2. The molecule has 7 nitrogen and oxygen atoms in total. The largest absolute Gasteiger partial charge is 0.481 e. The fourth-order valence-electron chi connectivity index (χ4n) is 5.65. The molecule has 2 N–H and O–H groups in total. The van der Waals surface area contributed by atoms with Crippen LogP contribution in [-0.4, -0.2) is 59.3 Å². The van der Waals surface area contributed by atoms with Gasteiger partial charge in [0.2, 0.25) is 0 Å². The van der Waals surface area contributed by atoms with Gasteiger partial charge in [0.25, 0.3) is 0 Å². The van der Waals surface area contributed by atoms with Crippen molar-refractivity contribution in [3.63, 3.8) is 0 Å². The van der Waals surface area contributed by atoms with Crippen LogP contribution in [0.2, 0.25) is 0 Å². The molecule has 2 rings (SSSR count). The summed E-state index contributed by atoms with van der Waals surface area (Å²) in [7, 11) is 0. The molecule has 0 aliphatic heterocycles. The predicted molar refractivity (Wildman–Crippen MR) is 138 cm³/mol. The zero-order valence-electron chi connectivity index (χ0n) is 22.4. The van der Waals surface area contributed by atoms with E-state index in [4.69, 9.17) is 14.9 Å². The third-order valence-electron chi connectivity index (χ3n) is 7.86. The van der Waals surface area contributed by atoms with Gasteiger partial charge in [0.05, 0.1) is 5.41 Å². The first-order valence-corrected chi connectivity index (χ1v) is 14.2. The third kappa shape index (κ3) is 12.8. The molecule has 2 aliphatic carbocycles. The average Bonchev–Trinajstić information content (AvgIpc) is 2.87. The first kappa shape index (κ1) is 31.4. The lowest BCUT2D eigenvalue weighted by Crippen LogP contribution is -2.43. The smallest absolute Gasteiger partial charge is 0.312 e. The van der Waals surface area contributed by atoms with E-state index in [1.807, 2.05) is 0 Å². The summed E-state index contributed by atoms with van der Waals surface area (Å²) in [6.45, 7) is 7.82. The van der Waals surface area contributed by atoms with E-state index in [9.17, 15) is 14.4 Å². The molecule has 2 aliphatic rings. The highest BCUT2D eigenvalue weighted by atomic mass is 16.5. The first-order chi connectivity index (χ1) is 16.9. The maximum absolute atomic E-state index is 12.9. The molecule has 0 heterocycles. The van der Waals surface area contributed by atoms with Crippen molar-refractivity contribution in [3.8, 4) is 0 Å². The van der Waals surface area contributed by atoms with Crippen molar-refractivity contribution in [3.05, 3.63) is 0 Å². The maximum Gasteiger partial charge on any atom is 0.312 e. The van der Waals surface area contributed by atoms with Crippen LogP contribution < -0.4 is 0 Å². The minimum Gasteiger partial charge on any atom is -0.481 e. The van der Waals surface area contributed by atoms with Crippen LogP contribution in [0.5, 0.6) is 0 Å². The summed E-state index contributed by atoms with van der Waals surface area (Å²) in [5.74, 6) is -0.801. The topological polar surface area (TPSA) is 104 Å². The third-order valence-corrected chi connectivity index (χ3v) is 7.86. The Hall–Kier alpha value is -1.63. The van der Waals surface area contributed by atoms with Gasteiger partial charge in [-0.15, -0.1) is 0 Å². The number of carboxylic acids is 2. The van der Waals surface area contributed by atoms with E-state index in [1.54, 1.807) is 0 Å². The summed E-state index contributed by atoms with van der Waals surface area (Å²) in [6.07, 6.45) is 16.8. The van der Waals surface area contributed by atoms with Gasteiger partial charge in [0, 0.05) is 19.4 Å². The fraction of sp³-hybridized carbons (Fsp3) is 0.893. The molecule has 2 saturated carbocycles. The average molecular weight is 498 g/mol. The number of unbranched alkanes of at least 4 members (excludes halogenated alkanes) is 4. The summed E-state index contributed by atoms with van der Waals surface area (Å²) in [5, 5.41) is 16.6. The molecule has 204 valence electrons. The van der Waals surface area contributed by atoms with Gasteiger partial charge < -0.3 is 19.8 Å². The molecule has 0 unspecified atom stereocenters. The maximum atomic E-state index is 12.9. The van der Waals surface area contributed by atoms with Gasteiger partial charge in [0.15, 0.2) is 0 Å². The Morgan fingerprint density at radius 2 is 1.26 bits per heavy atom. The predicted octanol–water partition coefficient (Wildman–Crippen LogP) is 6.29. The van der Waals surface area contributed by atoms with Crippen LogP contribution in [0.3, 0.4) is 0 Å². The van der Waals surface area contributed by atoms with Crippen LogP contribution in [0.15, 0.2) is 0 Å². The number of hydrogen-bond donors (Lipinski definition) is 2. The number of ether oxygens (including phenoxy) is 1. The van der Waals surface area contributed by atoms with Crippen molar-refractivity contribution >= 4 is 17.9 Å². The summed E-state index contributed by atoms with van der Waals surface area (Å²) < 4.78 is 5.79. The van der Waals surface area contributed by atoms with E-state index in [0.29, 0.717) is 25.4 Å². The Kier molecular flexibility index (Phi) is 16.7. The van der Waals surface area contributed by atoms with Crippen LogP contribution in [0.25, 0.3) is 0 Å². The Labute approximate surface area is 213 Å². The highest BCUT2D eigenvalue weighted by molar-refractivity contribution is 5.77.